The number of benzene rings is 2. The van der Waals surface area contributed by atoms with Crippen LogP contribution in [0.2, 0.25) is 0 Å². The largest absolute Gasteiger partial charge is 0.326 e. The molecule has 0 radical (unpaired) electrons. The molecule has 3 aromatic rings. The highest BCUT2D eigenvalue weighted by Crippen LogP contribution is 2.29. The molecule has 1 aliphatic heterocycles. The Bertz CT molecular complexity index is 785. The first kappa shape index (κ1) is 15.5. The number of nitrogens with zero attached hydrogens (tertiary/aromatic N) is 2. The second-order valence-electron chi connectivity index (χ2n) is 6.39. The van der Waals surface area contributed by atoms with Crippen molar-refractivity contribution in [3.63, 3.8) is 0 Å². The lowest BCUT2D eigenvalue weighted by molar-refractivity contribution is 0.320. The van der Waals surface area contributed by atoms with Gasteiger partial charge >= 0.3 is 0 Å². The van der Waals surface area contributed by atoms with Gasteiger partial charge in [0.1, 0.15) is 5.01 Å². The fourth-order valence-corrected chi connectivity index (χ4v) is 4.23. The number of thiazole rings is 1. The van der Waals surface area contributed by atoms with Crippen molar-refractivity contribution >= 4 is 11.3 Å². The maximum atomic E-state index is 6.39. The second kappa shape index (κ2) is 6.85. The first-order valence-corrected chi connectivity index (χ1v) is 9.20. The van der Waals surface area contributed by atoms with E-state index in [1.54, 1.807) is 11.3 Å². The van der Waals surface area contributed by atoms with Crippen LogP contribution in [0.1, 0.15) is 17.2 Å². The van der Waals surface area contributed by atoms with Gasteiger partial charge in [-0.25, -0.2) is 4.98 Å². The number of likely N-dealkylation sites (tertiary alicyclic amines) is 1. The van der Waals surface area contributed by atoms with Crippen LogP contribution in [0.15, 0.2) is 66.0 Å². The summed E-state index contributed by atoms with van der Waals surface area (Å²) in [7, 11) is 0. The van der Waals surface area contributed by atoms with Crippen molar-refractivity contribution in [1.82, 2.24) is 9.88 Å². The minimum Gasteiger partial charge on any atom is -0.326 e. The monoisotopic (exact) mass is 335 g/mol. The predicted octanol–water partition coefficient (Wildman–Crippen LogP) is 3.74. The van der Waals surface area contributed by atoms with E-state index in [4.69, 9.17) is 10.7 Å². The van der Waals surface area contributed by atoms with Gasteiger partial charge < -0.3 is 5.73 Å². The molecule has 2 N–H and O–H groups in total. The van der Waals surface area contributed by atoms with Gasteiger partial charge in [0.15, 0.2) is 0 Å². The third kappa shape index (κ3) is 3.26. The van der Waals surface area contributed by atoms with Crippen molar-refractivity contribution in [2.75, 3.05) is 13.1 Å². The summed E-state index contributed by atoms with van der Waals surface area (Å²) in [5.41, 5.74) is 10.1. The fourth-order valence-electron chi connectivity index (χ4n) is 3.42. The number of nitrogens with two attached hydrogens (primary N) is 1. The van der Waals surface area contributed by atoms with Gasteiger partial charge in [-0.3, -0.25) is 4.90 Å². The zero-order chi connectivity index (χ0) is 16.4. The fraction of sp³-hybridized carbons (Fsp3) is 0.250. The number of rotatable bonds is 4. The lowest BCUT2D eigenvalue weighted by atomic mass is 9.95. The van der Waals surface area contributed by atoms with E-state index in [0.717, 1.165) is 30.3 Å². The Morgan fingerprint density at radius 1 is 1.00 bits per heavy atom. The van der Waals surface area contributed by atoms with Crippen molar-refractivity contribution < 1.29 is 0 Å². The van der Waals surface area contributed by atoms with Gasteiger partial charge in [0.25, 0.3) is 0 Å². The van der Waals surface area contributed by atoms with Crippen LogP contribution in [0.3, 0.4) is 0 Å². The van der Waals surface area contributed by atoms with Crippen LogP contribution < -0.4 is 5.73 Å². The highest BCUT2D eigenvalue weighted by molar-refractivity contribution is 7.13. The molecule has 2 atom stereocenters. The summed E-state index contributed by atoms with van der Waals surface area (Å²) < 4.78 is 0. The van der Waals surface area contributed by atoms with Gasteiger partial charge in [-0.15, -0.1) is 11.3 Å². The highest BCUT2D eigenvalue weighted by atomic mass is 32.1. The molecule has 1 fully saturated rings. The van der Waals surface area contributed by atoms with Crippen molar-refractivity contribution in [1.29, 1.82) is 0 Å². The molecule has 2 heterocycles. The number of hydrogen-bond donors (Lipinski definition) is 1. The molecule has 1 aromatic heterocycles. The molecule has 0 saturated carbocycles. The summed E-state index contributed by atoms with van der Waals surface area (Å²) >= 11 is 1.71. The summed E-state index contributed by atoms with van der Waals surface area (Å²) in [6.45, 7) is 2.81. The van der Waals surface area contributed by atoms with Gasteiger partial charge in [-0.2, -0.15) is 0 Å². The molecule has 0 unspecified atom stereocenters. The zero-order valence-electron chi connectivity index (χ0n) is 13.5. The molecule has 2 aromatic carbocycles. The smallest absolute Gasteiger partial charge is 0.123 e. The lowest BCUT2D eigenvalue weighted by Crippen LogP contribution is -2.28. The molecular formula is C20H21N3S. The first-order chi connectivity index (χ1) is 11.8. The Labute approximate surface area is 146 Å². The summed E-state index contributed by atoms with van der Waals surface area (Å²) in [4.78, 5) is 7.23. The van der Waals surface area contributed by atoms with Crippen molar-refractivity contribution in [2.24, 2.45) is 5.73 Å². The van der Waals surface area contributed by atoms with Gasteiger partial charge in [0.2, 0.25) is 0 Å². The van der Waals surface area contributed by atoms with Crippen molar-refractivity contribution in [2.45, 2.75) is 18.5 Å². The molecule has 0 bridgehead atoms. The average Bonchev–Trinajstić information content (AvgIpc) is 3.23. The van der Waals surface area contributed by atoms with Crippen LogP contribution in [0, 0.1) is 0 Å². The quantitative estimate of drug-likeness (QED) is 0.790. The van der Waals surface area contributed by atoms with Crippen LogP contribution in [-0.4, -0.2) is 29.0 Å². The van der Waals surface area contributed by atoms with Gasteiger partial charge in [0, 0.05) is 42.5 Å². The van der Waals surface area contributed by atoms with Gasteiger partial charge in [-0.1, -0.05) is 60.7 Å². The van der Waals surface area contributed by atoms with Crippen LogP contribution in [0.25, 0.3) is 10.6 Å². The Hall–Kier alpha value is -2.01. The van der Waals surface area contributed by atoms with Crippen molar-refractivity contribution in [3.8, 4) is 10.6 Å². The average molecular weight is 335 g/mol. The normalized spacial score (nSPS) is 21.2. The van der Waals surface area contributed by atoms with Crippen LogP contribution in [0.4, 0.5) is 0 Å². The van der Waals surface area contributed by atoms with E-state index in [1.165, 1.54) is 11.1 Å². The Kier molecular flexibility index (Phi) is 4.43. The Morgan fingerprint density at radius 2 is 1.71 bits per heavy atom. The second-order valence-corrected chi connectivity index (χ2v) is 7.24. The third-order valence-corrected chi connectivity index (χ3v) is 5.57. The Balaban J connectivity index is 1.44. The molecule has 4 heteroatoms. The van der Waals surface area contributed by atoms with E-state index in [0.29, 0.717) is 5.92 Å². The summed E-state index contributed by atoms with van der Waals surface area (Å²) in [6, 6.07) is 21.2. The third-order valence-electron chi connectivity index (χ3n) is 4.63. The molecule has 1 aliphatic rings. The van der Waals surface area contributed by atoms with Crippen LogP contribution in [0.5, 0.6) is 0 Å². The van der Waals surface area contributed by atoms with Gasteiger partial charge in [0.05, 0.1) is 5.69 Å². The minimum absolute atomic E-state index is 0.194. The zero-order valence-corrected chi connectivity index (χ0v) is 14.3. The van der Waals surface area contributed by atoms with Crippen LogP contribution in [-0.2, 0) is 6.54 Å². The molecule has 3 nitrogen and oxygen atoms in total. The van der Waals surface area contributed by atoms with E-state index in [2.05, 4.69) is 64.9 Å². The summed E-state index contributed by atoms with van der Waals surface area (Å²) in [5, 5.41) is 3.26. The standard InChI is InChI=1S/C20H21N3S/c21-19-13-23(12-18(19)15-7-3-1-4-8-15)11-17-14-24-20(22-17)16-9-5-2-6-10-16/h1-10,14,18-19H,11-13,21H2/t18-,19+/m0/s1. The topological polar surface area (TPSA) is 42.1 Å². The van der Waals surface area contributed by atoms with Gasteiger partial charge in [-0.05, 0) is 5.56 Å². The summed E-state index contributed by atoms with van der Waals surface area (Å²) in [6.07, 6.45) is 0. The maximum Gasteiger partial charge on any atom is 0.123 e. The molecule has 122 valence electrons. The van der Waals surface area contributed by atoms with E-state index >= 15 is 0 Å². The molecule has 4 rings (SSSR count). The SMILES string of the molecule is N[C@@H]1CN(Cc2csc(-c3ccccc3)n2)C[C@H]1c1ccccc1. The lowest BCUT2D eigenvalue weighted by Gasteiger charge is -2.15. The highest BCUT2D eigenvalue weighted by Gasteiger charge is 2.31. The first-order valence-electron chi connectivity index (χ1n) is 8.32. The minimum atomic E-state index is 0.194. The molecule has 1 saturated heterocycles. The maximum absolute atomic E-state index is 6.39. The molecule has 24 heavy (non-hydrogen) atoms. The number of hydrogen-bond acceptors (Lipinski definition) is 4. The molecule has 0 spiro atoms. The molecule has 0 amide bonds. The van der Waals surface area contributed by atoms with Crippen molar-refractivity contribution in [3.05, 3.63) is 77.3 Å². The number of aromatic nitrogens is 1. The molecular weight excluding hydrogens is 314 g/mol. The van der Waals surface area contributed by atoms with E-state index in [9.17, 15) is 0 Å². The van der Waals surface area contributed by atoms with E-state index < -0.39 is 0 Å². The van der Waals surface area contributed by atoms with Crippen LogP contribution >= 0.6 is 11.3 Å². The molecule has 0 aliphatic carbocycles. The predicted molar refractivity (Wildman–Crippen MR) is 100.0 cm³/mol. The van der Waals surface area contributed by atoms with E-state index in [-0.39, 0.29) is 6.04 Å². The van der Waals surface area contributed by atoms with E-state index in [1.807, 2.05) is 6.07 Å². The summed E-state index contributed by atoms with van der Waals surface area (Å²) in [5.74, 6) is 0.415. The Morgan fingerprint density at radius 3 is 2.46 bits per heavy atom.